The van der Waals surface area contributed by atoms with Crippen molar-refractivity contribution in [2.75, 3.05) is 5.75 Å². The molecule has 0 radical (unpaired) electrons. The average Bonchev–Trinajstić information content (AvgIpc) is 2.35. The van der Waals surface area contributed by atoms with Gasteiger partial charge in [-0.25, -0.2) is 4.79 Å². The maximum atomic E-state index is 11.5. The van der Waals surface area contributed by atoms with Crippen LogP contribution in [0.1, 0.15) is 19.8 Å². The van der Waals surface area contributed by atoms with Crippen LogP contribution >= 0.6 is 0 Å². The van der Waals surface area contributed by atoms with Gasteiger partial charge in [0.2, 0.25) is 5.91 Å². The molecule has 0 spiro atoms. The first-order valence-electron chi connectivity index (χ1n) is 5.78. The number of nitrogens with two attached hydrogens (primary N) is 1. The van der Waals surface area contributed by atoms with E-state index in [1.54, 1.807) is 6.92 Å². The van der Waals surface area contributed by atoms with Gasteiger partial charge in [0.05, 0.1) is 5.75 Å². The van der Waals surface area contributed by atoms with E-state index < -0.39 is 40.7 Å². The summed E-state index contributed by atoms with van der Waals surface area (Å²) in [6.07, 6.45) is 1.20. The van der Waals surface area contributed by atoms with Crippen LogP contribution in [0.15, 0.2) is 11.5 Å². The fourth-order valence-corrected chi connectivity index (χ4v) is 2.19. The Morgan fingerprint density at radius 1 is 1.30 bits per heavy atom. The van der Waals surface area contributed by atoms with Crippen molar-refractivity contribution >= 4 is 28.6 Å². The third-order valence-electron chi connectivity index (χ3n) is 2.25. The van der Waals surface area contributed by atoms with Gasteiger partial charge in [0.25, 0.3) is 0 Å². The first kappa shape index (κ1) is 18.3. The summed E-state index contributed by atoms with van der Waals surface area (Å²) in [5.74, 6) is -3.44. The minimum absolute atomic E-state index is 0.106. The van der Waals surface area contributed by atoms with E-state index in [1.165, 1.54) is 11.5 Å². The molecule has 8 nitrogen and oxygen atoms in total. The summed E-state index contributed by atoms with van der Waals surface area (Å²) in [6.45, 7) is 1.64. The SMILES string of the molecule is CC=CS(=O)C[C@H](NC(=O)CC[C@H](N)C(=O)O)C(=O)O. The number of aliphatic carboxylic acids is 2. The lowest BCUT2D eigenvalue weighted by atomic mass is 10.1. The number of nitrogens with one attached hydrogen (secondary N) is 1. The largest absolute Gasteiger partial charge is 0.480 e. The van der Waals surface area contributed by atoms with Crippen molar-refractivity contribution in [3.05, 3.63) is 11.5 Å². The average molecular weight is 306 g/mol. The van der Waals surface area contributed by atoms with E-state index in [0.717, 1.165) is 0 Å². The molecule has 1 amide bonds. The molecule has 0 aliphatic rings. The topological polar surface area (TPSA) is 147 Å². The summed E-state index contributed by atoms with van der Waals surface area (Å²) in [5.41, 5.74) is 5.22. The van der Waals surface area contributed by atoms with Gasteiger partial charge >= 0.3 is 11.9 Å². The summed E-state index contributed by atoms with van der Waals surface area (Å²) in [7, 11) is -1.50. The standard InChI is InChI=1S/C11H18N2O6S/c1-2-5-20(19)6-8(11(17)18)13-9(14)4-3-7(12)10(15)16/h2,5,7-8H,3-4,6,12H2,1H3,(H,13,14)(H,15,16)(H,17,18)/t7-,8-,20?/m0/s1. The summed E-state index contributed by atoms with van der Waals surface area (Å²) < 4.78 is 11.4. The van der Waals surface area contributed by atoms with E-state index in [2.05, 4.69) is 5.32 Å². The quantitative estimate of drug-likeness (QED) is 0.428. The van der Waals surface area contributed by atoms with Crippen molar-refractivity contribution in [1.29, 1.82) is 0 Å². The maximum Gasteiger partial charge on any atom is 0.327 e. The molecule has 0 aliphatic heterocycles. The van der Waals surface area contributed by atoms with Crippen molar-refractivity contribution in [3.63, 3.8) is 0 Å². The van der Waals surface area contributed by atoms with Crippen LogP contribution in [0.3, 0.4) is 0 Å². The van der Waals surface area contributed by atoms with E-state index in [9.17, 15) is 18.6 Å². The highest BCUT2D eigenvalue weighted by atomic mass is 32.2. The molecule has 0 saturated carbocycles. The van der Waals surface area contributed by atoms with Crippen LogP contribution in [-0.4, -0.2) is 50.1 Å². The van der Waals surface area contributed by atoms with Gasteiger partial charge in [-0.05, 0) is 18.8 Å². The van der Waals surface area contributed by atoms with Crippen molar-refractivity contribution in [2.24, 2.45) is 5.73 Å². The lowest BCUT2D eigenvalue weighted by molar-refractivity contribution is -0.141. The second-order valence-corrected chi connectivity index (χ2v) is 5.33. The van der Waals surface area contributed by atoms with Gasteiger partial charge < -0.3 is 21.3 Å². The third-order valence-corrected chi connectivity index (χ3v) is 3.49. The van der Waals surface area contributed by atoms with Crippen molar-refractivity contribution in [3.8, 4) is 0 Å². The molecular weight excluding hydrogens is 288 g/mol. The third kappa shape index (κ3) is 7.64. The Balaban J connectivity index is 4.38. The summed E-state index contributed by atoms with van der Waals surface area (Å²) in [4.78, 5) is 32.9. The number of amides is 1. The smallest absolute Gasteiger partial charge is 0.327 e. The predicted octanol–water partition coefficient (Wildman–Crippen LogP) is -0.970. The molecule has 5 N–H and O–H groups in total. The highest BCUT2D eigenvalue weighted by Crippen LogP contribution is 1.98. The monoisotopic (exact) mass is 306 g/mol. The van der Waals surface area contributed by atoms with Gasteiger partial charge in [-0.15, -0.1) is 0 Å². The number of hydrogen-bond donors (Lipinski definition) is 4. The minimum Gasteiger partial charge on any atom is -0.480 e. The summed E-state index contributed by atoms with van der Waals surface area (Å²) >= 11 is 0. The summed E-state index contributed by atoms with van der Waals surface area (Å²) in [5, 5.41) is 21.0. The fourth-order valence-electron chi connectivity index (χ4n) is 1.22. The molecule has 114 valence electrons. The van der Waals surface area contributed by atoms with Crippen LogP contribution in [0, 0.1) is 0 Å². The molecule has 9 heteroatoms. The van der Waals surface area contributed by atoms with Gasteiger partial charge in [0.1, 0.15) is 12.1 Å². The molecule has 0 heterocycles. The second kappa shape index (κ2) is 9.21. The highest BCUT2D eigenvalue weighted by Gasteiger charge is 2.22. The highest BCUT2D eigenvalue weighted by molar-refractivity contribution is 7.88. The number of hydrogen-bond acceptors (Lipinski definition) is 5. The second-order valence-electron chi connectivity index (χ2n) is 3.96. The van der Waals surface area contributed by atoms with Crippen molar-refractivity contribution in [2.45, 2.75) is 31.8 Å². The zero-order valence-electron chi connectivity index (χ0n) is 10.9. The summed E-state index contributed by atoms with van der Waals surface area (Å²) in [6, 6.07) is -2.47. The molecule has 0 aromatic rings. The Morgan fingerprint density at radius 2 is 1.90 bits per heavy atom. The molecule has 1 unspecified atom stereocenters. The number of rotatable bonds is 9. The number of allylic oxidation sites excluding steroid dienone is 1. The Morgan fingerprint density at radius 3 is 2.35 bits per heavy atom. The first-order chi connectivity index (χ1) is 9.27. The van der Waals surface area contributed by atoms with Crippen LogP contribution < -0.4 is 11.1 Å². The van der Waals surface area contributed by atoms with Crippen LogP contribution in [-0.2, 0) is 25.2 Å². The van der Waals surface area contributed by atoms with Crippen LogP contribution in [0.25, 0.3) is 0 Å². The van der Waals surface area contributed by atoms with Crippen molar-refractivity contribution < 1.29 is 28.8 Å². The molecule has 0 aromatic heterocycles. The maximum absolute atomic E-state index is 11.5. The zero-order valence-corrected chi connectivity index (χ0v) is 11.8. The van der Waals surface area contributed by atoms with Gasteiger partial charge in [-0.3, -0.25) is 13.8 Å². The van der Waals surface area contributed by atoms with E-state index in [0.29, 0.717) is 0 Å². The zero-order chi connectivity index (χ0) is 15.7. The first-order valence-corrected chi connectivity index (χ1v) is 7.16. The number of carboxylic acid groups (broad SMARTS) is 2. The molecule has 20 heavy (non-hydrogen) atoms. The number of carboxylic acids is 2. The lowest BCUT2D eigenvalue weighted by Gasteiger charge is -2.13. The number of carbonyl (C=O) groups is 3. The van der Waals surface area contributed by atoms with E-state index in [-0.39, 0.29) is 18.6 Å². The van der Waals surface area contributed by atoms with E-state index in [4.69, 9.17) is 15.9 Å². The Hall–Kier alpha value is -1.74. The van der Waals surface area contributed by atoms with Crippen molar-refractivity contribution in [1.82, 2.24) is 5.32 Å². The molecule has 0 bridgehead atoms. The van der Waals surface area contributed by atoms with Gasteiger partial charge in [0, 0.05) is 17.2 Å². The molecule has 0 fully saturated rings. The molecule has 0 aliphatic carbocycles. The lowest BCUT2D eigenvalue weighted by Crippen LogP contribution is -2.44. The van der Waals surface area contributed by atoms with Crippen LogP contribution in [0.5, 0.6) is 0 Å². The van der Waals surface area contributed by atoms with E-state index in [1.807, 2.05) is 0 Å². The van der Waals surface area contributed by atoms with Gasteiger partial charge in [-0.1, -0.05) is 6.08 Å². The molecule has 0 aromatic carbocycles. The normalized spacial score (nSPS) is 15.5. The molecule has 3 atom stereocenters. The fraction of sp³-hybridized carbons (Fsp3) is 0.545. The minimum atomic E-state index is -1.50. The molecule has 0 saturated heterocycles. The number of carbonyl (C=O) groups excluding carboxylic acids is 1. The Labute approximate surface area is 118 Å². The van der Waals surface area contributed by atoms with Crippen LogP contribution in [0.2, 0.25) is 0 Å². The molecule has 0 rings (SSSR count). The Kier molecular flexibility index (Phi) is 8.41. The van der Waals surface area contributed by atoms with Gasteiger partial charge in [-0.2, -0.15) is 0 Å². The molecular formula is C11H18N2O6S. The van der Waals surface area contributed by atoms with Gasteiger partial charge in [0.15, 0.2) is 0 Å². The predicted molar refractivity (Wildman–Crippen MR) is 72.2 cm³/mol. The Bertz CT molecular complexity index is 423. The van der Waals surface area contributed by atoms with Crippen LogP contribution in [0.4, 0.5) is 0 Å². The van der Waals surface area contributed by atoms with E-state index >= 15 is 0 Å².